The van der Waals surface area contributed by atoms with Crippen LogP contribution in [0.15, 0.2) is 22.7 Å². The van der Waals surface area contributed by atoms with E-state index in [2.05, 4.69) is 56.2 Å². The summed E-state index contributed by atoms with van der Waals surface area (Å²) < 4.78 is 1.16. The standard InChI is InChI=1S/C16H24BrN3/c1-12(18-2)15-10-13(17)5-6-16(15)20-9-8-19-7-3-4-14(19)11-20/h5-6,10,12,14,18H,3-4,7-9,11H2,1-2H3. The lowest BCUT2D eigenvalue weighted by atomic mass is 10.0. The van der Waals surface area contributed by atoms with E-state index in [0.29, 0.717) is 6.04 Å². The van der Waals surface area contributed by atoms with Crippen LogP contribution in [0.4, 0.5) is 5.69 Å². The van der Waals surface area contributed by atoms with Gasteiger partial charge in [0.25, 0.3) is 0 Å². The van der Waals surface area contributed by atoms with Crippen LogP contribution >= 0.6 is 15.9 Å². The molecule has 1 N–H and O–H groups in total. The molecule has 2 heterocycles. The van der Waals surface area contributed by atoms with Crippen molar-refractivity contribution in [1.82, 2.24) is 10.2 Å². The molecular weight excluding hydrogens is 314 g/mol. The van der Waals surface area contributed by atoms with E-state index in [9.17, 15) is 0 Å². The predicted molar refractivity (Wildman–Crippen MR) is 88.4 cm³/mol. The van der Waals surface area contributed by atoms with Crippen LogP contribution in [-0.2, 0) is 0 Å². The molecule has 2 unspecified atom stereocenters. The predicted octanol–water partition coefficient (Wildman–Crippen LogP) is 3.01. The van der Waals surface area contributed by atoms with E-state index in [1.165, 1.54) is 43.7 Å². The van der Waals surface area contributed by atoms with Crippen LogP contribution in [-0.4, -0.2) is 44.2 Å². The number of anilines is 1. The highest BCUT2D eigenvalue weighted by Crippen LogP contribution is 2.32. The van der Waals surface area contributed by atoms with Crippen LogP contribution in [0.25, 0.3) is 0 Å². The number of hydrogen-bond acceptors (Lipinski definition) is 3. The van der Waals surface area contributed by atoms with Gasteiger partial charge in [-0.1, -0.05) is 15.9 Å². The minimum absolute atomic E-state index is 0.379. The van der Waals surface area contributed by atoms with E-state index in [0.717, 1.165) is 17.1 Å². The number of benzene rings is 1. The highest BCUT2D eigenvalue weighted by Gasteiger charge is 2.31. The summed E-state index contributed by atoms with van der Waals surface area (Å²) in [6.07, 6.45) is 2.74. The molecule has 3 nitrogen and oxygen atoms in total. The van der Waals surface area contributed by atoms with Crippen molar-refractivity contribution in [3.8, 4) is 0 Å². The molecule has 110 valence electrons. The number of fused-ring (bicyclic) bond motifs is 1. The molecule has 0 amide bonds. The SMILES string of the molecule is CNC(C)c1cc(Br)ccc1N1CCN2CCCC2C1. The smallest absolute Gasteiger partial charge is 0.0416 e. The Balaban J connectivity index is 1.86. The Kier molecular flexibility index (Phi) is 4.34. The summed E-state index contributed by atoms with van der Waals surface area (Å²) >= 11 is 3.61. The van der Waals surface area contributed by atoms with E-state index in [-0.39, 0.29) is 0 Å². The molecule has 0 spiro atoms. The Labute approximate surface area is 130 Å². The zero-order chi connectivity index (χ0) is 14.1. The van der Waals surface area contributed by atoms with E-state index in [1.54, 1.807) is 0 Å². The summed E-state index contributed by atoms with van der Waals surface area (Å²) in [4.78, 5) is 5.25. The van der Waals surface area contributed by atoms with Gasteiger partial charge in [-0.2, -0.15) is 0 Å². The molecule has 2 aliphatic rings. The van der Waals surface area contributed by atoms with E-state index >= 15 is 0 Å². The third kappa shape index (κ3) is 2.74. The first-order valence-corrected chi connectivity index (χ1v) is 8.44. The van der Waals surface area contributed by atoms with Crippen LogP contribution in [0, 0.1) is 0 Å². The topological polar surface area (TPSA) is 18.5 Å². The molecule has 0 radical (unpaired) electrons. The van der Waals surface area contributed by atoms with Crippen molar-refractivity contribution < 1.29 is 0 Å². The molecule has 1 aromatic carbocycles. The Morgan fingerprint density at radius 2 is 2.15 bits per heavy atom. The van der Waals surface area contributed by atoms with Crippen molar-refractivity contribution in [3.63, 3.8) is 0 Å². The van der Waals surface area contributed by atoms with Gasteiger partial charge in [0.05, 0.1) is 0 Å². The van der Waals surface area contributed by atoms with Crippen LogP contribution in [0.5, 0.6) is 0 Å². The van der Waals surface area contributed by atoms with Gasteiger partial charge < -0.3 is 10.2 Å². The van der Waals surface area contributed by atoms with Gasteiger partial charge >= 0.3 is 0 Å². The molecule has 0 bridgehead atoms. The van der Waals surface area contributed by atoms with Crippen LogP contribution in [0.1, 0.15) is 31.4 Å². The summed E-state index contributed by atoms with van der Waals surface area (Å²) in [7, 11) is 2.03. The molecule has 2 saturated heterocycles. The highest BCUT2D eigenvalue weighted by molar-refractivity contribution is 9.10. The minimum Gasteiger partial charge on any atom is -0.368 e. The number of nitrogens with one attached hydrogen (secondary N) is 1. The Bertz CT molecular complexity index is 477. The second kappa shape index (κ2) is 6.04. The van der Waals surface area contributed by atoms with E-state index in [1.807, 2.05) is 7.05 Å². The molecule has 2 aliphatic heterocycles. The summed E-state index contributed by atoms with van der Waals surface area (Å²) in [6, 6.07) is 7.85. The monoisotopic (exact) mass is 337 g/mol. The fourth-order valence-electron chi connectivity index (χ4n) is 3.53. The fraction of sp³-hybridized carbons (Fsp3) is 0.625. The van der Waals surface area contributed by atoms with Crippen molar-refractivity contribution in [3.05, 3.63) is 28.2 Å². The zero-order valence-electron chi connectivity index (χ0n) is 12.4. The van der Waals surface area contributed by atoms with Crippen molar-refractivity contribution >= 4 is 21.6 Å². The van der Waals surface area contributed by atoms with Crippen molar-refractivity contribution in [2.45, 2.75) is 31.8 Å². The first kappa shape index (κ1) is 14.4. The van der Waals surface area contributed by atoms with Crippen LogP contribution < -0.4 is 10.2 Å². The number of nitrogens with zero attached hydrogens (tertiary/aromatic N) is 2. The van der Waals surface area contributed by atoms with Gasteiger partial charge in [0.15, 0.2) is 0 Å². The summed E-state index contributed by atoms with van der Waals surface area (Å²) in [5.74, 6) is 0. The zero-order valence-corrected chi connectivity index (χ0v) is 14.0. The first-order chi connectivity index (χ1) is 9.69. The van der Waals surface area contributed by atoms with Gasteiger partial charge in [0.2, 0.25) is 0 Å². The highest BCUT2D eigenvalue weighted by atomic mass is 79.9. The Morgan fingerprint density at radius 1 is 1.30 bits per heavy atom. The van der Waals surface area contributed by atoms with Gasteiger partial charge in [0, 0.05) is 41.9 Å². The maximum atomic E-state index is 3.61. The molecule has 20 heavy (non-hydrogen) atoms. The first-order valence-electron chi connectivity index (χ1n) is 7.64. The summed E-state index contributed by atoms with van der Waals surface area (Å²) in [5, 5.41) is 3.38. The maximum absolute atomic E-state index is 3.61. The Morgan fingerprint density at radius 3 is 2.95 bits per heavy atom. The van der Waals surface area contributed by atoms with Gasteiger partial charge in [-0.3, -0.25) is 4.90 Å². The summed E-state index contributed by atoms with van der Waals surface area (Å²) in [6.45, 7) is 7.09. The largest absolute Gasteiger partial charge is 0.368 e. The average Bonchev–Trinajstić information content (AvgIpc) is 2.93. The molecule has 1 aromatic rings. The summed E-state index contributed by atoms with van der Waals surface area (Å²) in [5.41, 5.74) is 2.80. The Hall–Kier alpha value is -0.580. The van der Waals surface area contributed by atoms with Crippen LogP contribution in [0.3, 0.4) is 0 Å². The normalized spacial score (nSPS) is 24.8. The van der Waals surface area contributed by atoms with Gasteiger partial charge in [-0.25, -0.2) is 0 Å². The third-order valence-corrected chi connectivity index (χ3v) is 5.31. The maximum Gasteiger partial charge on any atom is 0.0416 e. The number of hydrogen-bond donors (Lipinski definition) is 1. The molecule has 0 aromatic heterocycles. The molecule has 2 fully saturated rings. The molecule has 0 saturated carbocycles. The van der Waals surface area contributed by atoms with Crippen LogP contribution in [0.2, 0.25) is 0 Å². The van der Waals surface area contributed by atoms with Crippen molar-refractivity contribution in [2.75, 3.05) is 38.1 Å². The molecule has 0 aliphatic carbocycles. The second-order valence-corrected chi connectivity index (χ2v) is 6.91. The average molecular weight is 338 g/mol. The number of halogens is 1. The lowest BCUT2D eigenvalue weighted by Crippen LogP contribution is -2.50. The third-order valence-electron chi connectivity index (χ3n) is 4.82. The fourth-order valence-corrected chi connectivity index (χ4v) is 3.90. The van der Waals surface area contributed by atoms with Crippen molar-refractivity contribution in [2.24, 2.45) is 0 Å². The minimum atomic E-state index is 0.379. The van der Waals surface area contributed by atoms with Gasteiger partial charge in [0.1, 0.15) is 0 Å². The second-order valence-electron chi connectivity index (χ2n) is 5.99. The quantitative estimate of drug-likeness (QED) is 0.914. The van der Waals surface area contributed by atoms with E-state index < -0.39 is 0 Å². The number of piperazine rings is 1. The van der Waals surface area contributed by atoms with E-state index in [4.69, 9.17) is 0 Å². The molecular formula is C16H24BrN3. The van der Waals surface area contributed by atoms with Crippen molar-refractivity contribution in [1.29, 1.82) is 0 Å². The number of rotatable bonds is 3. The van der Waals surface area contributed by atoms with Gasteiger partial charge in [-0.15, -0.1) is 0 Å². The molecule has 2 atom stereocenters. The lowest BCUT2D eigenvalue weighted by molar-refractivity contribution is 0.230. The molecule has 3 rings (SSSR count). The van der Waals surface area contributed by atoms with Gasteiger partial charge in [-0.05, 0) is 57.1 Å². The molecule has 4 heteroatoms. The lowest BCUT2D eigenvalue weighted by Gasteiger charge is -2.40.